The zero-order valence-electron chi connectivity index (χ0n) is 17.3. The van der Waals surface area contributed by atoms with Crippen molar-refractivity contribution in [3.63, 3.8) is 0 Å². The van der Waals surface area contributed by atoms with Crippen LogP contribution in [0.4, 0.5) is 18.9 Å². The van der Waals surface area contributed by atoms with Crippen molar-refractivity contribution in [1.82, 2.24) is 25.1 Å². The van der Waals surface area contributed by atoms with Gasteiger partial charge in [0.15, 0.2) is 5.82 Å². The van der Waals surface area contributed by atoms with Crippen molar-refractivity contribution >= 4 is 38.9 Å². The number of ether oxygens (including phenoxy) is 1. The standard InChI is InChI=1S/C19H17Cl2F3N6O3S/c1-33-16-8-25-7-15(16)30-9-27-28-18(30)17-14(4-10(20)6-26-17)29-34(31,32)11-2-3-13(21)12(5-11)19(22,23)24/h2-6,9,15-16,25,29H,7-8H2,1H3/t15?,16-/m0/s1. The first-order chi connectivity index (χ1) is 16.0. The molecule has 1 fully saturated rings. The van der Waals surface area contributed by atoms with Crippen LogP contribution in [0.3, 0.4) is 0 Å². The topological polar surface area (TPSA) is 111 Å². The highest BCUT2D eigenvalue weighted by Gasteiger charge is 2.35. The number of hydrogen-bond donors (Lipinski definition) is 2. The van der Waals surface area contributed by atoms with Crippen LogP contribution < -0.4 is 10.0 Å². The third-order valence-electron chi connectivity index (χ3n) is 5.23. The molecule has 1 aromatic carbocycles. The summed E-state index contributed by atoms with van der Waals surface area (Å²) in [7, 11) is -2.93. The molecule has 1 aliphatic heterocycles. The molecule has 34 heavy (non-hydrogen) atoms. The Labute approximate surface area is 202 Å². The van der Waals surface area contributed by atoms with E-state index in [0.29, 0.717) is 19.2 Å². The average molecular weight is 537 g/mol. The molecule has 0 bridgehead atoms. The summed E-state index contributed by atoms with van der Waals surface area (Å²) in [6, 6.07) is 3.36. The summed E-state index contributed by atoms with van der Waals surface area (Å²) < 4.78 is 75.1. The summed E-state index contributed by atoms with van der Waals surface area (Å²) in [6.07, 6.45) is -2.28. The van der Waals surface area contributed by atoms with Gasteiger partial charge in [-0.05, 0) is 24.3 Å². The lowest BCUT2D eigenvalue weighted by Crippen LogP contribution is -2.25. The molecular weight excluding hydrogens is 520 g/mol. The highest BCUT2D eigenvalue weighted by molar-refractivity contribution is 7.92. The lowest BCUT2D eigenvalue weighted by molar-refractivity contribution is -0.137. The minimum Gasteiger partial charge on any atom is -0.378 e. The van der Waals surface area contributed by atoms with Gasteiger partial charge in [-0.25, -0.2) is 13.4 Å². The molecule has 4 rings (SSSR count). The largest absolute Gasteiger partial charge is 0.417 e. The molecule has 2 N–H and O–H groups in total. The summed E-state index contributed by atoms with van der Waals surface area (Å²) in [5.74, 6) is 0.220. The molecule has 0 saturated carbocycles. The number of nitrogens with one attached hydrogen (secondary N) is 2. The fourth-order valence-electron chi connectivity index (χ4n) is 3.60. The SMILES string of the molecule is CO[C@H]1CNCC1n1cnnc1-c1ncc(Cl)cc1NS(=O)(=O)c1ccc(Cl)c(C(F)(F)F)c1. The molecule has 15 heteroatoms. The predicted octanol–water partition coefficient (Wildman–Crippen LogP) is 3.63. The first-order valence-corrected chi connectivity index (χ1v) is 11.9. The zero-order chi connectivity index (χ0) is 24.7. The number of pyridine rings is 1. The summed E-state index contributed by atoms with van der Waals surface area (Å²) in [5, 5.41) is 10.7. The van der Waals surface area contributed by atoms with Crippen LogP contribution in [-0.4, -0.2) is 54.5 Å². The van der Waals surface area contributed by atoms with E-state index in [0.717, 1.165) is 12.1 Å². The van der Waals surface area contributed by atoms with Crippen molar-refractivity contribution < 1.29 is 26.3 Å². The van der Waals surface area contributed by atoms with E-state index in [2.05, 4.69) is 25.2 Å². The predicted molar refractivity (Wildman–Crippen MR) is 118 cm³/mol. The molecule has 0 aliphatic carbocycles. The van der Waals surface area contributed by atoms with Gasteiger partial charge in [-0.15, -0.1) is 10.2 Å². The third kappa shape index (κ3) is 4.84. The van der Waals surface area contributed by atoms with E-state index in [1.807, 2.05) is 0 Å². The Morgan fingerprint density at radius 1 is 1.24 bits per heavy atom. The number of anilines is 1. The normalized spacial score (nSPS) is 18.9. The number of hydrogen-bond acceptors (Lipinski definition) is 7. The van der Waals surface area contributed by atoms with Crippen molar-refractivity contribution in [2.45, 2.75) is 23.2 Å². The first-order valence-electron chi connectivity index (χ1n) is 9.70. The summed E-state index contributed by atoms with van der Waals surface area (Å²) in [5.41, 5.74) is -1.29. The number of rotatable bonds is 6. The molecule has 0 radical (unpaired) electrons. The summed E-state index contributed by atoms with van der Waals surface area (Å²) in [4.78, 5) is 3.57. The van der Waals surface area contributed by atoms with Crippen LogP contribution in [0.2, 0.25) is 10.0 Å². The van der Waals surface area contributed by atoms with Gasteiger partial charge in [-0.2, -0.15) is 13.2 Å². The van der Waals surface area contributed by atoms with Crippen LogP contribution in [0, 0.1) is 0 Å². The Hall–Kier alpha value is -2.45. The monoisotopic (exact) mass is 536 g/mol. The maximum Gasteiger partial charge on any atom is 0.417 e. The van der Waals surface area contributed by atoms with Crippen molar-refractivity contribution in [3.8, 4) is 11.5 Å². The van der Waals surface area contributed by atoms with Crippen LogP contribution in [0.15, 0.2) is 41.7 Å². The van der Waals surface area contributed by atoms with Gasteiger partial charge >= 0.3 is 6.18 Å². The number of alkyl halides is 3. The van der Waals surface area contributed by atoms with Gasteiger partial charge < -0.3 is 14.6 Å². The van der Waals surface area contributed by atoms with E-state index in [4.69, 9.17) is 27.9 Å². The van der Waals surface area contributed by atoms with Crippen molar-refractivity contribution in [2.24, 2.45) is 0 Å². The molecule has 0 spiro atoms. The lowest BCUT2D eigenvalue weighted by atomic mass is 10.2. The van der Waals surface area contributed by atoms with E-state index < -0.39 is 31.7 Å². The van der Waals surface area contributed by atoms with Crippen molar-refractivity contribution in [1.29, 1.82) is 0 Å². The van der Waals surface area contributed by atoms with E-state index in [9.17, 15) is 21.6 Å². The molecule has 9 nitrogen and oxygen atoms in total. The summed E-state index contributed by atoms with van der Waals surface area (Å²) in [6.45, 7) is 1.13. The second kappa shape index (κ2) is 9.30. The molecule has 2 aromatic heterocycles. The molecule has 1 unspecified atom stereocenters. The highest BCUT2D eigenvalue weighted by Crippen LogP contribution is 2.37. The average Bonchev–Trinajstić information content (AvgIpc) is 3.41. The van der Waals surface area contributed by atoms with Crippen LogP contribution >= 0.6 is 23.2 Å². The Kier molecular flexibility index (Phi) is 6.75. The van der Waals surface area contributed by atoms with Gasteiger partial charge in [0.05, 0.1) is 38.3 Å². The van der Waals surface area contributed by atoms with E-state index >= 15 is 0 Å². The van der Waals surface area contributed by atoms with E-state index in [1.54, 1.807) is 11.7 Å². The lowest BCUT2D eigenvalue weighted by Gasteiger charge is -2.20. The molecule has 3 aromatic rings. The molecular formula is C19H17Cl2F3N6O3S. The van der Waals surface area contributed by atoms with Crippen LogP contribution in [0.1, 0.15) is 11.6 Å². The minimum atomic E-state index is -4.84. The van der Waals surface area contributed by atoms with Gasteiger partial charge in [0.1, 0.15) is 12.0 Å². The second-order valence-electron chi connectivity index (χ2n) is 7.36. The Bertz CT molecular complexity index is 1320. The number of methoxy groups -OCH3 is 1. The maximum absolute atomic E-state index is 13.2. The van der Waals surface area contributed by atoms with Crippen LogP contribution in [0.5, 0.6) is 0 Å². The second-order valence-corrected chi connectivity index (χ2v) is 9.88. The van der Waals surface area contributed by atoms with Gasteiger partial charge in [-0.3, -0.25) is 4.72 Å². The number of sulfonamides is 1. The Balaban J connectivity index is 1.75. The molecule has 182 valence electrons. The molecule has 2 atom stereocenters. The van der Waals surface area contributed by atoms with Gasteiger partial charge in [0, 0.05) is 26.4 Å². The molecule has 3 heterocycles. The molecule has 0 amide bonds. The smallest absolute Gasteiger partial charge is 0.378 e. The number of nitrogens with zero attached hydrogens (tertiary/aromatic N) is 4. The Morgan fingerprint density at radius 3 is 2.71 bits per heavy atom. The number of benzene rings is 1. The van der Waals surface area contributed by atoms with Gasteiger partial charge in [-0.1, -0.05) is 23.2 Å². The van der Waals surface area contributed by atoms with Crippen LogP contribution in [-0.2, 0) is 20.9 Å². The van der Waals surface area contributed by atoms with Gasteiger partial charge in [0.2, 0.25) is 0 Å². The fourth-order valence-corrected chi connectivity index (χ4v) is 5.07. The van der Waals surface area contributed by atoms with Crippen molar-refractivity contribution in [3.05, 3.63) is 52.4 Å². The first kappa shape index (κ1) is 24.7. The number of aromatic nitrogens is 4. The summed E-state index contributed by atoms with van der Waals surface area (Å²) >= 11 is 11.6. The zero-order valence-corrected chi connectivity index (χ0v) is 19.7. The van der Waals surface area contributed by atoms with E-state index in [-0.39, 0.29) is 34.4 Å². The van der Waals surface area contributed by atoms with Crippen LogP contribution in [0.25, 0.3) is 11.5 Å². The van der Waals surface area contributed by atoms with Gasteiger partial charge in [0.25, 0.3) is 10.0 Å². The Morgan fingerprint density at radius 2 is 2.00 bits per heavy atom. The fraction of sp³-hybridized carbons (Fsp3) is 0.316. The third-order valence-corrected chi connectivity index (χ3v) is 7.12. The number of halogens is 5. The maximum atomic E-state index is 13.2. The van der Waals surface area contributed by atoms with E-state index in [1.165, 1.54) is 18.6 Å². The molecule has 1 saturated heterocycles. The minimum absolute atomic E-state index is 0.0808. The highest BCUT2D eigenvalue weighted by atomic mass is 35.5. The van der Waals surface area contributed by atoms with Crippen molar-refractivity contribution in [2.75, 3.05) is 24.9 Å². The quantitative estimate of drug-likeness (QED) is 0.494. The molecule has 1 aliphatic rings.